The highest BCUT2D eigenvalue weighted by atomic mass is 14.2. The second-order valence-electron chi connectivity index (χ2n) is 13.6. The minimum atomic E-state index is 1.20. The molecule has 0 bridgehead atoms. The lowest BCUT2D eigenvalue weighted by atomic mass is 9.81. The van der Waals surface area contributed by atoms with E-state index in [1.54, 1.807) is 0 Å². The molecule has 0 heteroatoms. The molecule has 0 fully saturated rings. The first-order valence-corrected chi connectivity index (χ1v) is 18.0. The maximum absolute atomic E-state index is 2.40. The van der Waals surface area contributed by atoms with Crippen LogP contribution in [0.4, 0.5) is 0 Å². The molecular weight excluding hydrogens is 625 g/mol. The lowest BCUT2D eigenvalue weighted by Gasteiger charge is -2.21. The normalized spacial score (nSPS) is 11.5. The van der Waals surface area contributed by atoms with Gasteiger partial charge in [0.2, 0.25) is 0 Å². The monoisotopic (exact) mass is 658 g/mol. The van der Waals surface area contributed by atoms with E-state index < -0.39 is 0 Å². The standard InChI is InChI=1S/C52H34/c1-2-14-35(15-3-1)36-30-32-39(33-31-36)45-27-13-29-49-51(46-28-12-19-38-17-5-7-23-43(38)46)48-25-9-8-24-47(48)50(52(45)49)41-21-10-20-40(34-41)44-26-11-18-37-16-4-6-22-42(37)44/h1-34H. The summed E-state index contributed by atoms with van der Waals surface area (Å²) in [4.78, 5) is 0. The van der Waals surface area contributed by atoms with E-state index in [-0.39, 0.29) is 0 Å². The summed E-state index contributed by atoms with van der Waals surface area (Å²) in [6.45, 7) is 0. The molecule has 0 saturated heterocycles. The minimum absolute atomic E-state index is 1.20. The van der Waals surface area contributed by atoms with Gasteiger partial charge in [0, 0.05) is 0 Å². The molecule has 0 amide bonds. The minimum Gasteiger partial charge on any atom is -0.0622 e. The Morgan fingerprint density at radius 2 is 0.654 bits per heavy atom. The first kappa shape index (κ1) is 30.1. The maximum atomic E-state index is 2.40. The van der Waals surface area contributed by atoms with Crippen molar-refractivity contribution in [2.75, 3.05) is 0 Å². The van der Waals surface area contributed by atoms with Gasteiger partial charge >= 0.3 is 0 Å². The van der Waals surface area contributed by atoms with Crippen molar-refractivity contribution in [3.63, 3.8) is 0 Å². The Morgan fingerprint density at radius 3 is 1.38 bits per heavy atom. The third-order valence-electron chi connectivity index (χ3n) is 10.7. The van der Waals surface area contributed by atoms with Crippen LogP contribution >= 0.6 is 0 Å². The Hall–Kier alpha value is -6.76. The zero-order valence-corrected chi connectivity index (χ0v) is 28.6. The van der Waals surface area contributed by atoms with Crippen molar-refractivity contribution in [1.29, 1.82) is 0 Å². The molecule has 0 nitrogen and oxygen atoms in total. The summed E-state index contributed by atoms with van der Waals surface area (Å²) in [7, 11) is 0. The van der Waals surface area contributed by atoms with Crippen LogP contribution in [-0.4, -0.2) is 0 Å². The van der Waals surface area contributed by atoms with E-state index in [1.165, 1.54) is 98.7 Å². The fourth-order valence-electron chi connectivity index (χ4n) is 8.30. The van der Waals surface area contributed by atoms with Crippen LogP contribution in [0.25, 0.3) is 98.7 Å². The quantitative estimate of drug-likeness (QED) is 0.161. The molecule has 52 heavy (non-hydrogen) atoms. The fourth-order valence-corrected chi connectivity index (χ4v) is 8.30. The number of fused-ring (bicyclic) bond motifs is 4. The number of hydrogen-bond acceptors (Lipinski definition) is 0. The predicted molar refractivity (Wildman–Crippen MR) is 224 cm³/mol. The Bertz CT molecular complexity index is 2920. The lowest BCUT2D eigenvalue weighted by Crippen LogP contribution is -1.94. The average Bonchev–Trinajstić information content (AvgIpc) is 3.22. The zero-order chi connectivity index (χ0) is 34.4. The first-order valence-electron chi connectivity index (χ1n) is 18.0. The van der Waals surface area contributed by atoms with E-state index >= 15 is 0 Å². The van der Waals surface area contributed by atoms with Gasteiger partial charge in [-0.2, -0.15) is 0 Å². The molecule has 242 valence electrons. The molecule has 0 radical (unpaired) electrons. The van der Waals surface area contributed by atoms with E-state index in [0.29, 0.717) is 0 Å². The van der Waals surface area contributed by atoms with Crippen molar-refractivity contribution in [2.24, 2.45) is 0 Å². The second kappa shape index (κ2) is 12.5. The molecule has 0 aliphatic heterocycles. The topological polar surface area (TPSA) is 0 Å². The Kier molecular flexibility index (Phi) is 7.25. The van der Waals surface area contributed by atoms with Gasteiger partial charge in [0.05, 0.1) is 0 Å². The summed E-state index contributed by atoms with van der Waals surface area (Å²) in [6.07, 6.45) is 0. The van der Waals surface area contributed by atoms with Crippen LogP contribution < -0.4 is 0 Å². The van der Waals surface area contributed by atoms with Crippen LogP contribution in [0.15, 0.2) is 206 Å². The van der Waals surface area contributed by atoms with Crippen molar-refractivity contribution in [1.82, 2.24) is 0 Å². The second-order valence-corrected chi connectivity index (χ2v) is 13.6. The highest BCUT2D eigenvalue weighted by molar-refractivity contribution is 6.26. The fraction of sp³-hybridized carbons (Fsp3) is 0. The van der Waals surface area contributed by atoms with Crippen LogP contribution in [0.5, 0.6) is 0 Å². The van der Waals surface area contributed by atoms with Crippen LogP contribution in [0, 0.1) is 0 Å². The van der Waals surface area contributed by atoms with Gasteiger partial charge in [-0.3, -0.25) is 0 Å². The van der Waals surface area contributed by atoms with Gasteiger partial charge < -0.3 is 0 Å². The molecule has 0 spiro atoms. The van der Waals surface area contributed by atoms with Gasteiger partial charge in [0.25, 0.3) is 0 Å². The molecule has 0 unspecified atom stereocenters. The van der Waals surface area contributed by atoms with Crippen LogP contribution in [0.3, 0.4) is 0 Å². The highest BCUT2D eigenvalue weighted by Gasteiger charge is 2.21. The molecule has 10 aromatic carbocycles. The lowest BCUT2D eigenvalue weighted by molar-refractivity contribution is 1.60. The van der Waals surface area contributed by atoms with Crippen LogP contribution in [0.2, 0.25) is 0 Å². The van der Waals surface area contributed by atoms with Crippen molar-refractivity contribution in [3.8, 4) is 55.6 Å². The predicted octanol–water partition coefficient (Wildman–Crippen LogP) is 14.6. The van der Waals surface area contributed by atoms with E-state index in [1.807, 2.05) is 0 Å². The van der Waals surface area contributed by atoms with Crippen molar-refractivity contribution < 1.29 is 0 Å². The summed E-state index contributed by atoms with van der Waals surface area (Å²) in [5.41, 5.74) is 12.4. The Balaban J connectivity index is 1.30. The van der Waals surface area contributed by atoms with Crippen LogP contribution in [-0.2, 0) is 0 Å². The van der Waals surface area contributed by atoms with Crippen molar-refractivity contribution >= 4 is 43.1 Å². The number of hydrogen-bond donors (Lipinski definition) is 0. The van der Waals surface area contributed by atoms with Gasteiger partial charge in [-0.15, -0.1) is 0 Å². The Labute approximate surface area is 303 Å². The van der Waals surface area contributed by atoms with Gasteiger partial charge in [0.1, 0.15) is 0 Å². The van der Waals surface area contributed by atoms with Gasteiger partial charge in [-0.25, -0.2) is 0 Å². The Morgan fingerprint density at radius 1 is 0.212 bits per heavy atom. The highest BCUT2D eigenvalue weighted by Crippen LogP contribution is 2.48. The van der Waals surface area contributed by atoms with Gasteiger partial charge in [-0.1, -0.05) is 200 Å². The van der Waals surface area contributed by atoms with E-state index in [4.69, 9.17) is 0 Å². The molecule has 0 heterocycles. The van der Waals surface area contributed by atoms with E-state index in [2.05, 4.69) is 206 Å². The largest absolute Gasteiger partial charge is 0.0622 e. The number of benzene rings is 10. The smallest absolute Gasteiger partial charge is 0.00141 e. The van der Waals surface area contributed by atoms with Crippen molar-refractivity contribution in [2.45, 2.75) is 0 Å². The summed E-state index contributed by atoms with van der Waals surface area (Å²) in [6, 6.07) is 75.6. The molecule has 0 N–H and O–H groups in total. The molecule has 10 aromatic rings. The molecule has 10 rings (SSSR count). The average molecular weight is 659 g/mol. The molecule has 0 atom stereocenters. The van der Waals surface area contributed by atoms with Gasteiger partial charge in [0.15, 0.2) is 0 Å². The molecule has 0 aromatic heterocycles. The first-order chi connectivity index (χ1) is 25.8. The summed E-state index contributed by atoms with van der Waals surface area (Å²) in [5.74, 6) is 0. The summed E-state index contributed by atoms with van der Waals surface area (Å²) < 4.78 is 0. The van der Waals surface area contributed by atoms with Gasteiger partial charge in [-0.05, 0) is 105 Å². The number of rotatable bonds is 5. The van der Waals surface area contributed by atoms with E-state index in [0.717, 1.165) is 0 Å². The molecule has 0 aliphatic rings. The zero-order valence-electron chi connectivity index (χ0n) is 28.6. The third kappa shape index (κ3) is 5.00. The summed E-state index contributed by atoms with van der Waals surface area (Å²) in [5, 5.41) is 10.1. The molecule has 0 aliphatic carbocycles. The summed E-state index contributed by atoms with van der Waals surface area (Å²) >= 11 is 0. The SMILES string of the molecule is c1ccc(-c2ccc(-c3cccc4c(-c5cccc6ccccc56)c5ccccc5c(-c5cccc(-c6cccc7ccccc67)c5)c34)cc2)cc1. The molecule has 0 saturated carbocycles. The van der Waals surface area contributed by atoms with Crippen LogP contribution in [0.1, 0.15) is 0 Å². The van der Waals surface area contributed by atoms with E-state index in [9.17, 15) is 0 Å². The third-order valence-corrected chi connectivity index (χ3v) is 10.7. The maximum Gasteiger partial charge on any atom is -0.00141 e. The molecular formula is C52H34. The van der Waals surface area contributed by atoms with Crippen molar-refractivity contribution in [3.05, 3.63) is 206 Å².